The number of quaternary nitrogens is 1. The van der Waals surface area contributed by atoms with Crippen molar-refractivity contribution in [2.45, 2.75) is 380 Å². The Morgan fingerprint density at radius 2 is 0.570 bits per heavy atom. The fourth-order valence-electron chi connectivity index (χ4n) is 11.8. The van der Waals surface area contributed by atoms with E-state index < -0.39 is 26.5 Å². The minimum Gasteiger partial charge on any atom is -0.756 e. The summed E-state index contributed by atoms with van der Waals surface area (Å²) in [7, 11) is 1.16. The maximum atomic E-state index is 12.9. The molecule has 0 N–H and O–H groups in total. The molecule has 0 aliphatic carbocycles. The number of hydrogen-bond donors (Lipinski definition) is 0. The normalized spacial score (nSPS) is 13.7. The molecule has 2 unspecified atom stereocenters. The van der Waals surface area contributed by atoms with Crippen molar-refractivity contribution in [2.24, 2.45) is 0 Å². The molecule has 10 heteroatoms. The third kappa shape index (κ3) is 83.1. The second-order valence-electron chi connectivity index (χ2n) is 29.1. The lowest BCUT2D eigenvalue weighted by Gasteiger charge is -2.28. The van der Waals surface area contributed by atoms with Crippen molar-refractivity contribution in [1.82, 2.24) is 0 Å². The first-order chi connectivity index (χ1) is 49.0. The molecule has 0 saturated carbocycles. The molecule has 576 valence electrons. The van der Waals surface area contributed by atoms with Gasteiger partial charge in [0.2, 0.25) is 0 Å². The molecule has 0 bridgehead atoms. The van der Waals surface area contributed by atoms with Gasteiger partial charge in [-0.25, -0.2) is 0 Å². The Balaban J connectivity index is 3.95. The first-order valence-electron chi connectivity index (χ1n) is 41.9. The molecule has 0 fully saturated rings. The molecule has 0 radical (unpaired) electrons. The van der Waals surface area contributed by atoms with Crippen LogP contribution in [0, 0.1) is 0 Å². The lowest BCUT2D eigenvalue weighted by Crippen LogP contribution is -2.37. The molecule has 0 aromatic rings. The molecule has 0 aliphatic heterocycles. The van der Waals surface area contributed by atoms with E-state index in [0.29, 0.717) is 17.4 Å². The predicted molar refractivity (Wildman–Crippen MR) is 434 cm³/mol. The van der Waals surface area contributed by atoms with Gasteiger partial charge in [-0.05, 0) is 116 Å². The number of likely N-dealkylation sites (N-methyl/N-ethyl adjacent to an activating group) is 1. The van der Waals surface area contributed by atoms with Crippen LogP contribution in [0.2, 0.25) is 0 Å². The van der Waals surface area contributed by atoms with E-state index in [-0.39, 0.29) is 32.0 Å². The zero-order valence-corrected chi connectivity index (χ0v) is 66.8. The lowest BCUT2D eigenvalue weighted by atomic mass is 10.0. The summed E-state index contributed by atoms with van der Waals surface area (Å²) < 4.78 is 34.4. The highest BCUT2D eigenvalue weighted by molar-refractivity contribution is 7.45. The van der Waals surface area contributed by atoms with Crippen LogP contribution < -0.4 is 4.89 Å². The van der Waals surface area contributed by atoms with Crippen LogP contribution >= 0.6 is 7.82 Å². The van der Waals surface area contributed by atoms with Crippen molar-refractivity contribution in [3.05, 3.63) is 134 Å². The molecule has 0 amide bonds. The fraction of sp³-hybridized carbons (Fsp3) is 0.733. The molecular formula is C90H158NO8P. The fourth-order valence-corrected chi connectivity index (χ4v) is 12.5. The van der Waals surface area contributed by atoms with E-state index in [2.05, 4.69) is 148 Å². The van der Waals surface area contributed by atoms with Crippen molar-refractivity contribution < 1.29 is 42.1 Å². The van der Waals surface area contributed by atoms with Crippen LogP contribution in [0.25, 0.3) is 0 Å². The number of hydrogen-bond acceptors (Lipinski definition) is 8. The number of esters is 2. The second-order valence-corrected chi connectivity index (χ2v) is 30.5. The van der Waals surface area contributed by atoms with Crippen LogP contribution in [0.1, 0.15) is 373 Å². The van der Waals surface area contributed by atoms with E-state index >= 15 is 0 Å². The van der Waals surface area contributed by atoms with Gasteiger partial charge in [-0.3, -0.25) is 14.2 Å². The third-order valence-electron chi connectivity index (χ3n) is 18.2. The van der Waals surface area contributed by atoms with Gasteiger partial charge < -0.3 is 27.9 Å². The van der Waals surface area contributed by atoms with Crippen LogP contribution in [-0.4, -0.2) is 70.0 Å². The zero-order chi connectivity index (χ0) is 72.5. The quantitative estimate of drug-likeness (QED) is 0.0195. The van der Waals surface area contributed by atoms with Crippen LogP contribution in [0.4, 0.5) is 0 Å². The van der Waals surface area contributed by atoms with Crippen LogP contribution in [0.15, 0.2) is 134 Å². The summed E-state index contributed by atoms with van der Waals surface area (Å²) in [5, 5.41) is 0. The lowest BCUT2D eigenvalue weighted by molar-refractivity contribution is -0.870. The summed E-state index contributed by atoms with van der Waals surface area (Å²) in [4.78, 5) is 38.2. The van der Waals surface area contributed by atoms with Gasteiger partial charge >= 0.3 is 11.9 Å². The molecule has 0 heterocycles. The Labute approximate surface area is 619 Å². The van der Waals surface area contributed by atoms with Gasteiger partial charge in [0.15, 0.2) is 6.10 Å². The topological polar surface area (TPSA) is 111 Å². The van der Waals surface area contributed by atoms with Gasteiger partial charge in [0.05, 0.1) is 27.7 Å². The molecule has 0 rings (SSSR count). The van der Waals surface area contributed by atoms with Gasteiger partial charge in [0, 0.05) is 12.8 Å². The first kappa shape index (κ1) is 96.2. The molecule has 0 spiro atoms. The highest BCUT2D eigenvalue weighted by Crippen LogP contribution is 2.38. The van der Waals surface area contributed by atoms with E-state index in [0.717, 1.165) is 109 Å². The summed E-state index contributed by atoms with van der Waals surface area (Å²) in [6.07, 6.45) is 116. The Kier molecular flexibility index (Phi) is 76.2. The number of carbonyl (C=O) groups excluding carboxylic acids is 2. The van der Waals surface area contributed by atoms with E-state index in [1.165, 1.54) is 231 Å². The van der Waals surface area contributed by atoms with Gasteiger partial charge in [0.1, 0.15) is 19.8 Å². The van der Waals surface area contributed by atoms with E-state index in [4.69, 9.17) is 18.5 Å². The van der Waals surface area contributed by atoms with E-state index in [9.17, 15) is 19.0 Å². The average molecular weight is 1410 g/mol. The van der Waals surface area contributed by atoms with Crippen molar-refractivity contribution >= 4 is 19.8 Å². The number of rotatable bonds is 77. The molecule has 0 aromatic heterocycles. The minimum absolute atomic E-state index is 0.0354. The maximum absolute atomic E-state index is 12.9. The van der Waals surface area contributed by atoms with Crippen LogP contribution in [0.3, 0.4) is 0 Å². The summed E-state index contributed by atoms with van der Waals surface area (Å²) in [5.41, 5.74) is 0. The third-order valence-corrected chi connectivity index (χ3v) is 19.1. The molecule has 0 aliphatic rings. The highest BCUT2D eigenvalue weighted by Gasteiger charge is 2.22. The number of nitrogens with zero attached hydrogens (tertiary/aromatic N) is 1. The van der Waals surface area contributed by atoms with Gasteiger partial charge in [0.25, 0.3) is 7.82 Å². The molecule has 2 atom stereocenters. The Hall–Kier alpha value is -3.85. The van der Waals surface area contributed by atoms with Crippen molar-refractivity contribution in [2.75, 3.05) is 47.5 Å². The molecular weight excluding hydrogens is 1250 g/mol. The summed E-state index contributed by atoms with van der Waals surface area (Å²) in [5.74, 6) is -0.830. The monoisotopic (exact) mass is 1410 g/mol. The largest absolute Gasteiger partial charge is 0.756 e. The SMILES string of the molecule is CC/C=C\C/C=C\C/C=C\C/C=C\C/C=C\C/C=C\C/C=C\C/C=C\CCCCCCCCCCCCC(=O)OC(COC(=O)CCCCCCCCCCCCCCCCCCCCCCCCCCCC/C=C\C/C=C\C/C=C\CCCCCCC)COP(=O)([O-])OCC[N+](C)(C)C. The highest BCUT2D eigenvalue weighted by atomic mass is 31.2. The number of phosphoric acid groups is 1. The summed E-state index contributed by atoms with van der Waals surface area (Å²) in [6, 6.07) is 0. The van der Waals surface area contributed by atoms with Crippen molar-refractivity contribution in [1.29, 1.82) is 0 Å². The summed E-state index contributed by atoms with van der Waals surface area (Å²) >= 11 is 0. The number of ether oxygens (including phenoxy) is 2. The Bertz CT molecular complexity index is 2160. The van der Waals surface area contributed by atoms with Crippen molar-refractivity contribution in [3.8, 4) is 0 Å². The second kappa shape index (κ2) is 79.3. The average Bonchev–Trinajstić information content (AvgIpc) is 1.65. The molecule has 9 nitrogen and oxygen atoms in total. The summed E-state index contributed by atoms with van der Waals surface area (Å²) in [6.45, 7) is 4.14. The Morgan fingerprint density at radius 3 is 0.850 bits per heavy atom. The van der Waals surface area contributed by atoms with E-state index in [1.807, 2.05) is 21.1 Å². The zero-order valence-electron chi connectivity index (χ0n) is 65.9. The minimum atomic E-state index is -4.65. The molecule has 100 heavy (non-hydrogen) atoms. The molecule has 0 aromatic carbocycles. The smallest absolute Gasteiger partial charge is 0.306 e. The van der Waals surface area contributed by atoms with Crippen LogP contribution in [-0.2, 0) is 32.7 Å². The van der Waals surface area contributed by atoms with E-state index in [1.54, 1.807) is 0 Å². The van der Waals surface area contributed by atoms with Gasteiger partial charge in [-0.15, -0.1) is 0 Å². The van der Waals surface area contributed by atoms with Gasteiger partial charge in [-0.2, -0.15) is 0 Å². The molecule has 0 saturated heterocycles. The van der Waals surface area contributed by atoms with Gasteiger partial charge in [-0.1, -0.05) is 379 Å². The number of allylic oxidation sites excluding steroid dienone is 22. The standard InChI is InChI=1S/C90H158NO8P/c1-6-8-10-12-14-16-18-20-22-24-26-28-30-32-34-36-38-40-42-43-44-45-46-47-49-50-52-54-56-58-60-62-64-66-68-70-72-74-76-78-80-82-89(92)96-86-88(87-98-100(94,95)97-85-84-91(3,4)5)99-90(93)83-81-79-77-75-73-71-69-67-65-63-61-59-57-55-53-51-48-41-39-37-35-33-31-29-27-25-23-21-19-17-15-13-11-9-7-2/h9,11,15,17-18,20-21,23-24,26-27,29-30,32-33,35,39,41,51,53,57,59,88H,6-8,10,12-14,16,19,22,25,28,31,34,36-38,40,42-50,52,54-56,58,60-87H2,1-5H3/b11-9-,17-15-,20-18-,23-21-,26-24-,29-27-,32-30-,35-33-,41-39-,53-51-,59-57-. The van der Waals surface area contributed by atoms with Crippen molar-refractivity contribution in [3.63, 3.8) is 0 Å². The maximum Gasteiger partial charge on any atom is 0.306 e. The number of carbonyl (C=O) groups is 2. The predicted octanol–water partition coefficient (Wildman–Crippen LogP) is 27.7. The number of unbranched alkanes of at least 4 members (excludes halogenated alkanes) is 41. The Morgan fingerprint density at radius 1 is 0.320 bits per heavy atom. The first-order valence-corrected chi connectivity index (χ1v) is 43.4. The number of phosphoric ester groups is 1. The van der Waals surface area contributed by atoms with Crippen LogP contribution in [0.5, 0.6) is 0 Å².